The van der Waals surface area contributed by atoms with Crippen LogP contribution in [0.1, 0.15) is 52.0 Å². The molecular formula is C21H26F3N3O2. The maximum Gasteiger partial charge on any atom is 0.423 e. The zero-order valence-corrected chi connectivity index (χ0v) is 16.9. The third kappa shape index (κ3) is 5.10. The molecule has 0 radical (unpaired) electrons. The van der Waals surface area contributed by atoms with Gasteiger partial charge in [-0.3, -0.25) is 0 Å². The highest BCUT2D eigenvalue weighted by Crippen LogP contribution is 2.39. The van der Waals surface area contributed by atoms with E-state index in [-0.39, 0.29) is 18.2 Å². The van der Waals surface area contributed by atoms with Crippen LogP contribution in [0.4, 0.5) is 24.8 Å². The molecule has 1 heterocycles. The molecule has 0 atom stereocenters. The van der Waals surface area contributed by atoms with Gasteiger partial charge in [0.1, 0.15) is 17.4 Å². The van der Waals surface area contributed by atoms with Gasteiger partial charge in [-0.1, -0.05) is 12.1 Å². The van der Waals surface area contributed by atoms with Crippen molar-refractivity contribution >= 4 is 11.6 Å². The predicted octanol–water partition coefficient (Wildman–Crippen LogP) is 5.76. The summed E-state index contributed by atoms with van der Waals surface area (Å²) < 4.78 is 51.9. The average molecular weight is 409 g/mol. The van der Waals surface area contributed by atoms with Gasteiger partial charge in [0.2, 0.25) is 11.8 Å². The van der Waals surface area contributed by atoms with Gasteiger partial charge in [0.15, 0.2) is 0 Å². The van der Waals surface area contributed by atoms with E-state index in [1.165, 1.54) is 0 Å². The van der Waals surface area contributed by atoms with Crippen LogP contribution >= 0.6 is 0 Å². The van der Waals surface area contributed by atoms with Crippen molar-refractivity contribution in [2.75, 3.05) is 11.4 Å². The zero-order valence-electron chi connectivity index (χ0n) is 16.9. The summed E-state index contributed by atoms with van der Waals surface area (Å²) in [4.78, 5) is 9.92. The van der Waals surface area contributed by atoms with Crippen LogP contribution in [0.15, 0.2) is 30.5 Å². The van der Waals surface area contributed by atoms with E-state index in [0.29, 0.717) is 18.0 Å². The van der Waals surface area contributed by atoms with Crippen molar-refractivity contribution in [3.63, 3.8) is 0 Å². The van der Waals surface area contributed by atoms with Gasteiger partial charge in [-0.15, -0.1) is 0 Å². The van der Waals surface area contributed by atoms with Crippen molar-refractivity contribution in [2.24, 2.45) is 0 Å². The SMILES string of the molecule is CCN(c1ncc(C(F)(F)F)c(OC2CCCC2)n1)c1ccccc1OC(C)C. The van der Waals surface area contributed by atoms with E-state index in [1.54, 1.807) is 4.90 Å². The summed E-state index contributed by atoms with van der Waals surface area (Å²) in [6.45, 7) is 6.15. The Balaban J connectivity index is 2.00. The fraction of sp³-hybridized carbons (Fsp3) is 0.524. The first-order chi connectivity index (χ1) is 13.8. The van der Waals surface area contributed by atoms with Crippen molar-refractivity contribution in [1.82, 2.24) is 9.97 Å². The first-order valence-corrected chi connectivity index (χ1v) is 9.93. The maximum absolute atomic E-state index is 13.5. The largest absolute Gasteiger partial charge is 0.489 e. The van der Waals surface area contributed by atoms with Gasteiger partial charge in [0.05, 0.1) is 11.8 Å². The molecule has 1 aromatic carbocycles. The van der Waals surface area contributed by atoms with Crippen LogP contribution in [-0.4, -0.2) is 28.7 Å². The minimum Gasteiger partial charge on any atom is -0.489 e. The number of alkyl halides is 3. The lowest BCUT2D eigenvalue weighted by Gasteiger charge is -2.25. The monoisotopic (exact) mass is 409 g/mol. The maximum atomic E-state index is 13.5. The normalized spacial score (nSPS) is 15.0. The lowest BCUT2D eigenvalue weighted by molar-refractivity contribution is -0.139. The highest BCUT2D eigenvalue weighted by atomic mass is 19.4. The molecule has 0 N–H and O–H groups in total. The number of rotatable bonds is 7. The van der Waals surface area contributed by atoms with Crippen LogP contribution in [-0.2, 0) is 6.18 Å². The van der Waals surface area contributed by atoms with Crippen molar-refractivity contribution < 1.29 is 22.6 Å². The van der Waals surface area contributed by atoms with E-state index >= 15 is 0 Å². The second kappa shape index (κ2) is 8.88. The van der Waals surface area contributed by atoms with Crippen molar-refractivity contribution in [3.8, 4) is 11.6 Å². The second-order valence-electron chi connectivity index (χ2n) is 7.29. The molecule has 0 unspecified atom stereocenters. The van der Waals surface area contributed by atoms with Gasteiger partial charge in [0, 0.05) is 12.7 Å². The fourth-order valence-electron chi connectivity index (χ4n) is 3.39. The standard InChI is InChI=1S/C21H26F3N3O2/c1-4-27(17-11-7-8-12-18(17)28-14(2)3)20-25-13-16(21(22,23)24)19(26-20)29-15-9-5-6-10-15/h7-8,11-15H,4-6,9-10H2,1-3H3. The van der Waals surface area contributed by atoms with E-state index in [0.717, 1.165) is 31.9 Å². The summed E-state index contributed by atoms with van der Waals surface area (Å²) in [5, 5.41) is 0. The number of hydrogen-bond acceptors (Lipinski definition) is 5. The molecule has 2 aromatic rings. The minimum absolute atomic E-state index is 0.0513. The summed E-state index contributed by atoms with van der Waals surface area (Å²) in [6.07, 6.45) is -0.701. The van der Waals surface area contributed by atoms with Crippen LogP contribution in [0.2, 0.25) is 0 Å². The summed E-state index contributed by atoms with van der Waals surface area (Å²) in [6, 6.07) is 7.33. The Hall–Kier alpha value is -2.51. The lowest BCUT2D eigenvalue weighted by atomic mass is 10.2. The number of nitrogens with zero attached hydrogens (tertiary/aromatic N) is 3. The Bertz CT molecular complexity index is 821. The Morgan fingerprint density at radius 1 is 1.17 bits per heavy atom. The van der Waals surface area contributed by atoms with Crippen molar-refractivity contribution in [1.29, 1.82) is 0 Å². The summed E-state index contributed by atoms with van der Waals surface area (Å²) in [5.41, 5.74) is -0.258. The lowest BCUT2D eigenvalue weighted by Crippen LogP contribution is -2.23. The second-order valence-corrected chi connectivity index (χ2v) is 7.29. The average Bonchev–Trinajstić information content (AvgIpc) is 3.15. The number of hydrogen-bond donors (Lipinski definition) is 0. The molecule has 1 aliphatic carbocycles. The van der Waals surface area contributed by atoms with Crippen molar-refractivity contribution in [3.05, 3.63) is 36.0 Å². The first-order valence-electron chi connectivity index (χ1n) is 9.93. The topological polar surface area (TPSA) is 47.5 Å². The third-order valence-electron chi connectivity index (χ3n) is 4.70. The molecule has 8 heteroatoms. The number of halogens is 3. The van der Waals surface area contributed by atoms with E-state index < -0.39 is 17.6 Å². The molecule has 1 fully saturated rings. The fourth-order valence-corrected chi connectivity index (χ4v) is 3.39. The molecule has 1 saturated carbocycles. The third-order valence-corrected chi connectivity index (χ3v) is 4.70. The van der Waals surface area contributed by atoms with Gasteiger partial charge in [0.25, 0.3) is 0 Å². The molecule has 1 aromatic heterocycles. The Labute approximate surface area is 168 Å². The van der Waals surface area contributed by atoms with Gasteiger partial charge in [-0.2, -0.15) is 18.2 Å². The van der Waals surface area contributed by atoms with E-state index in [1.807, 2.05) is 45.0 Å². The smallest absolute Gasteiger partial charge is 0.423 e. The van der Waals surface area contributed by atoms with E-state index in [4.69, 9.17) is 9.47 Å². The van der Waals surface area contributed by atoms with Gasteiger partial charge in [-0.05, 0) is 58.6 Å². The molecule has 0 amide bonds. The molecule has 0 bridgehead atoms. The Kier molecular flexibility index (Phi) is 6.49. The van der Waals surface area contributed by atoms with Gasteiger partial charge in [-0.25, -0.2) is 4.98 Å². The van der Waals surface area contributed by atoms with E-state index in [9.17, 15) is 13.2 Å². The first kappa shape index (κ1) is 21.2. The van der Waals surface area contributed by atoms with Crippen LogP contribution in [0, 0.1) is 0 Å². The highest BCUT2D eigenvalue weighted by Gasteiger charge is 2.37. The Morgan fingerprint density at radius 2 is 1.86 bits per heavy atom. The molecule has 0 aliphatic heterocycles. The molecule has 1 aliphatic rings. The zero-order chi connectivity index (χ0) is 21.0. The highest BCUT2D eigenvalue weighted by molar-refractivity contribution is 5.65. The molecular weight excluding hydrogens is 383 g/mol. The molecule has 5 nitrogen and oxygen atoms in total. The number of benzene rings is 1. The minimum atomic E-state index is -4.58. The van der Waals surface area contributed by atoms with E-state index in [2.05, 4.69) is 9.97 Å². The van der Waals surface area contributed by atoms with Crippen LogP contribution in [0.25, 0.3) is 0 Å². The molecule has 158 valence electrons. The van der Waals surface area contributed by atoms with Crippen LogP contribution in [0.5, 0.6) is 11.6 Å². The van der Waals surface area contributed by atoms with Gasteiger partial charge < -0.3 is 14.4 Å². The molecule has 0 spiro atoms. The van der Waals surface area contributed by atoms with Crippen LogP contribution in [0.3, 0.4) is 0 Å². The molecule has 0 saturated heterocycles. The molecule has 3 rings (SSSR count). The predicted molar refractivity (Wildman–Crippen MR) is 105 cm³/mol. The number of aromatic nitrogens is 2. The van der Waals surface area contributed by atoms with Crippen LogP contribution < -0.4 is 14.4 Å². The van der Waals surface area contributed by atoms with Gasteiger partial charge >= 0.3 is 6.18 Å². The number of ether oxygens (including phenoxy) is 2. The summed E-state index contributed by atoms with van der Waals surface area (Å²) in [7, 11) is 0. The number of para-hydroxylation sites is 2. The number of anilines is 2. The Morgan fingerprint density at radius 3 is 2.48 bits per heavy atom. The van der Waals surface area contributed by atoms with Crippen molar-refractivity contribution in [2.45, 2.75) is 64.8 Å². The quantitative estimate of drug-likeness (QED) is 0.582. The molecule has 29 heavy (non-hydrogen) atoms. The summed E-state index contributed by atoms with van der Waals surface area (Å²) in [5.74, 6) is 0.356. The summed E-state index contributed by atoms with van der Waals surface area (Å²) >= 11 is 0.